The van der Waals surface area contributed by atoms with Crippen molar-refractivity contribution in [3.63, 3.8) is 0 Å². The first-order valence-electron chi connectivity index (χ1n) is 21.2. The molecule has 12 aromatic rings. The van der Waals surface area contributed by atoms with Gasteiger partial charge in [-0.3, -0.25) is 0 Å². The van der Waals surface area contributed by atoms with Crippen LogP contribution in [-0.2, 0) is 0 Å². The molecular formula is C59H37N3O. The summed E-state index contributed by atoms with van der Waals surface area (Å²) in [5, 5.41) is 5.43. The second-order valence-corrected chi connectivity index (χ2v) is 15.9. The Labute approximate surface area is 364 Å². The van der Waals surface area contributed by atoms with Crippen LogP contribution in [0.5, 0.6) is 0 Å². The highest BCUT2D eigenvalue weighted by atomic mass is 16.3. The van der Waals surface area contributed by atoms with Crippen molar-refractivity contribution in [2.45, 2.75) is 0 Å². The van der Waals surface area contributed by atoms with E-state index in [-0.39, 0.29) is 0 Å². The Morgan fingerprint density at radius 3 is 1.46 bits per heavy atom. The van der Waals surface area contributed by atoms with E-state index in [0.29, 0.717) is 5.82 Å². The van der Waals surface area contributed by atoms with Gasteiger partial charge in [-0.25, -0.2) is 15.0 Å². The van der Waals surface area contributed by atoms with Gasteiger partial charge in [-0.15, -0.1) is 0 Å². The first kappa shape index (κ1) is 36.4. The second-order valence-electron chi connectivity index (χ2n) is 15.9. The van der Waals surface area contributed by atoms with Crippen LogP contribution < -0.4 is 0 Å². The van der Waals surface area contributed by atoms with E-state index in [4.69, 9.17) is 19.4 Å². The molecule has 0 aliphatic heterocycles. The van der Waals surface area contributed by atoms with Crippen molar-refractivity contribution < 1.29 is 4.42 Å². The molecule has 0 saturated heterocycles. The van der Waals surface area contributed by atoms with Gasteiger partial charge in [0.2, 0.25) is 0 Å². The van der Waals surface area contributed by atoms with Gasteiger partial charge < -0.3 is 4.42 Å². The van der Waals surface area contributed by atoms with Gasteiger partial charge >= 0.3 is 0 Å². The average molecular weight is 804 g/mol. The highest BCUT2D eigenvalue weighted by Gasteiger charge is 2.20. The van der Waals surface area contributed by atoms with Crippen LogP contribution >= 0.6 is 0 Å². The highest BCUT2D eigenvalue weighted by Crippen LogP contribution is 2.42. The Balaban J connectivity index is 0.943. The minimum atomic E-state index is 0.679. The molecule has 0 bridgehead atoms. The van der Waals surface area contributed by atoms with E-state index in [1.165, 1.54) is 16.5 Å². The maximum atomic E-state index is 6.63. The lowest BCUT2D eigenvalue weighted by Crippen LogP contribution is -1.96. The molecule has 9 aromatic carbocycles. The van der Waals surface area contributed by atoms with E-state index in [9.17, 15) is 0 Å². The number of hydrogen-bond donors (Lipinski definition) is 0. The lowest BCUT2D eigenvalue weighted by Gasteiger charge is -2.12. The fourth-order valence-corrected chi connectivity index (χ4v) is 8.88. The number of para-hydroxylation sites is 1. The molecule has 3 heterocycles. The third kappa shape index (κ3) is 6.62. The normalized spacial score (nSPS) is 11.5. The molecule has 0 aliphatic carbocycles. The van der Waals surface area contributed by atoms with Gasteiger partial charge in [0, 0.05) is 33.0 Å². The topological polar surface area (TPSA) is 51.8 Å². The lowest BCUT2D eigenvalue weighted by molar-refractivity contribution is 0.672. The molecule has 0 saturated carbocycles. The largest absolute Gasteiger partial charge is 0.455 e. The van der Waals surface area contributed by atoms with Crippen molar-refractivity contribution in [3.05, 3.63) is 224 Å². The smallest absolute Gasteiger partial charge is 0.160 e. The number of aromatic nitrogens is 3. The molecule has 0 unspecified atom stereocenters. The van der Waals surface area contributed by atoms with Crippen LogP contribution in [0.15, 0.2) is 229 Å². The third-order valence-corrected chi connectivity index (χ3v) is 12.1. The first-order valence-corrected chi connectivity index (χ1v) is 21.2. The van der Waals surface area contributed by atoms with Crippen molar-refractivity contribution >= 4 is 43.6 Å². The quantitative estimate of drug-likeness (QED) is 0.161. The maximum absolute atomic E-state index is 6.63. The zero-order chi connectivity index (χ0) is 41.7. The Hall–Kier alpha value is -8.47. The number of hydrogen-bond acceptors (Lipinski definition) is 4. The third-order valence-electron chi connectivity index (χ3n) is 12.1. The number of pyridine rings is 1. The van der Waals surface area contributed by atoms with Crippen LogP contribution in [0, 0.1) is 0 Å². The summed E-state index contributed by atoms with van der Waals surface area (Å²) < 4.78 is 6.63. The summed E-state index contributed by atoms with van der Waals surface area (Å²) in [7, 11) is 0. The summed E-state index contributed by atoms with van der Waals surface area (Å²) in [4.78, 5) is 15.8. The summed E-state index contributed by atoms with van der Waals surface area (Å²) in [6, 6.07) is 78.5. The first-order chi connectivity index (χ1) is 31.2. The summed E-state index contributed by atoms with van der Waals surface area (Å²) in [5.41, 5.74) is 16.1. The Kier molecular flexibility index (Phi) is 8.79. The van der Waals surface area contributed by atoms with Crippen LogP contribution in [0.4, 0.5) is 0 Å². The van der Waals surface area contributed by atoms with Crippen LogP contribution in [0.25, 0.3) is 122 Å². The van der Waals surface area contributed by atoms with E-state index in [2.05, 4.69) is 200 Å². The van der Waals surface area contributed by atoms with Crippen molar-refractivity contribution in [2.24, 2.45) is 0 Å². The van der Waals surface area contributed by atoms with Crippen molar-refractivity contribution in [1.82, 2.24) is 15.0 Å². The zero-order valence-corrected chi connectivity index (χ0v) is 34.1. The van der Waals surface area contributed by atoms with Gasteiger partial charge in [0.25, 0.3) is 0 Å². The van der Waals surface area contributed by atoms with E-state index in [1.54, 1.807) is 0 Å². The Bertz CT molecular complexity index is 3530. The van der Waals surface area contributed by atoms with Crippen molar-refractivity contribution in [1.29, 1.82) is 0 Å². The minimum absolute atomic E-state index is 0.679. The molecule has 0 amide bonds. The Morgan fingerprint density at radius 2 is 0.810 bits per heavy atom. The van der Waals surface area contributed by atoms with E-state index >= 15 is 0 Å². The van der Waals surface area contributed by atoms with Gasteiger partial charge in [-0.1, -0.05) is 200 Å². The molecule has 3 aromatic heterocycles. The van der Waals surface area contributed by atoms with E-state index in [0.717, 1.165) is 99.8 Å². The fraction of sp³-hybridized carbons (Fsp3) is 0. The molecule has 0 N–H and O–H groups in total. The fourth-order valence-electron chi connectivity index (χ4n) is 8.88. The van der Waals surface area contributed by atoms with E-state index < -0.39 is 0 Å². The SMILES string of the molecule is c1ccc(-c2ccc(-c3cc(-c4ccc(-c5ccc6c(c5)nc(-c5cccc7ccccc57)c5c7ccccc7oc65)cc4)nc(-c4ccc(-c5ccccc5)cc4)n3)cc2)cc1. The number of nitrogens with zero attached hydrogens (tertiary/aromatic N) is 3. The molecule has 0 aliphatic rings. The second kappa shape index (κ2) is 15.2. The van der Waals surface area contributed by atoms with Crippen LogP contribution in [0.3, 0.4) is 0 Å². The van der Waals surface area contributed by atoms with Gasteiger partial charge in [0.1, 0.15) is 11.2 Å². The molecule has 0 atom stereocenters. The molecule has 63 heavy (non-hydrogen) atoms. The van der Waals surface area contributed by atoms with Crippen molar-refractivity contribution in [2.75, 3.05) is 0 Å². The van der Waals surface area contributed by atoms with Crippen molar-refractivity contribution in [3.8, 4) is 78.5 Å². The summed E-state index contributed by atoms with van der Waals surface area (Å²) in [6.45, 7) is 0. The number of fused-ring (bicyclic) bond motifs is 6. The van der Waals surface area contributed by atoms with E-state index in [1.807, 2.05) is 24.3 Å². The maximum Gasteiger partial charge on any atom is 0.160 e. The molecule has 0 fully saturated rings. The van der Waals surface area contributed by atoms with Gasteiger partial charge in [0.05, 0.1) is 28.0 Å². The van der Waals surface area contributed by atoms with Crippen LogP contribution in [0.1, 0.15) is 0 Å². The Morgan fingerprint density at radius 1 is 0.317 bits per heavy atom. The predicted molar refractivity (Wildman–Crippen MR) is 260 cm³/mol. The standard InChI is InChI=1S/C59H37N3O/c1-3-12-38(13-4-1)40-22-28-44(29-23-40)52-37-53(62-59(61-52)46-32-26-41(27-33-46)39-14-5-2-6-15-39)45-30-24-42(25-31-45)47-34-35-50-54(36-47)60-57(49-20-11-17-43-16-7-8-18-48(43)49)56-51-19-9-10-21-55(51)63-58(50)56/h1-37H. The van der Waals surface area contributed by atoms with Crippen LogP contribution in [-0.4, -0.2) is 15.0 Å². The molecule has 0 spiro atoms. The predicted octanol–water partition coefficient (Wildman–Crippen LogP) is 15.7. The summed E-state index contributed by atoms with van der Waals surface area (Å²) in [6.07, 6.45) is 0. The highest BCUT2D eigenvalue weighted by molar-refractivity contribution is 6.21. The number of furan rings is 1. The zero-order valence-electron chi connectivity index (χ0n) is 34.1. The molecule has 4 nitrogen and oxygen atoms in total. The molecule has 0 radical (unpaired) electrons. The van der Waals surface area contributed by atoms with Gasteiger partial charge in [-0.05, 0) is 68.4 Å². The number of benzene rings is 9. The summed E-state index contributed by atoms with van der Waals surface area (Å²) >= 11 is 0. The number of rotatable bonds is 7. The van der Waals surface area contributed by atoms with Gasteiger partial charge in [-0.2, -0.15) is 0 Å². The monoisotopic (exact) mass is 803 g/mol. The molecular weight excluding hydrogens is 767 g/mol. The molecule has 4 heteroatoms. The molecule has 294 valence electrons. The molecule has 12 rings (SSSR count). The summed E-state index contributed by atoms with van der Waals surface area (Å²) in [5.74, 6) is 0.679. The lowest BCUT2D eigenvalue weighted by atomic mass is 9.96. The minimum Gasteiger partial charge on any atom is -0.455 e. The van der Waals surface area contributed by atoms with Crippen LogP contribution in [0.2, 0.25) is 0 Å². The average Bonchev–Trinajstić information content (AvgIpc) is 3.76. The van der Waals surface area contributed by atoms with Gasteiger partial charge in [0.15, 0.2) is 5.82 Å².